The minimum atomic E-state index is -0.415. The second kappa shape index (κ2) is 7.37. The maximum absolute atomic E-state index is 12.1. The Labute approximate surface area is 138 Å². The lowest BCUT2D eigenvalue weighted by Crippen LogP contribution is -2.28. The SMILES string of the molecule is O=C(OC[C@@H]1CC(=O)N(CCc2ccccc2)C1)c1cscn1. The maximum Gasteiger partial charge on any atom is 0.357 e. The van der Waals surface area contributed by atoms with Crippen LogP contribution in [-0.4, -0.2) is 41.5 Å². The molecule has 1 aliphatic rings. The van der Waals surface area contributed by atoms with Crippen LogP contribution >= 0.6 is 11.3 Å². The summed E-state index contributed by atoms with van der Waals surface area (Å²) in [6.45, 7) is 1.62. The average Bonchev–Trinajstić information content (AvgIpc) is 3.22. The van der Waals surface area contributed by atoms with Gasteiger partial charge in [-0.1, -0.05) is 30.3 Å². The molecule has 1 aromatic heterocycles. The van der Waals surface area contributed by atoms with Crippen LogP contribution in [-0.2, 0) is 16.0 Å². The topological polar surface area (TPSA) is 59.5 Å². The Hall–Kier alpha value is -2.21. The normalized spacial score (nSPS) is 17.5. The van der Waals surface area contributed by atoms with Gasteiger partial charge in [-0.15, -0.1) is 11.3 Å². The van der Waals surface area contributed by atoms with E-state index in [1.165, 1.54) is 16.9 Å². The Morgan fingerprint density at radius 3 is 2.91 bits per heavy atom. The summed E-state index contributed by atoms with van der Waals surface area (Å²) in [4.78, 5) is 29.6. The molecule has 0 saturated carbocycles. The molecule has 1 aliphatic heterocycles. The van der Waals surface area contributed by atoms with Gasteiger partial charge in [0.15, 0.2) is 5.69 Å². The summed E-state index contributed by atoms with van der Waals surface area (Å²) >= 11 is 1.36. The minimum absolute atomic E-state index is 0.0702. The van der Waals surface area contributed by atoms with Crippen molar-refractivity contribution in [3.63, 3.8) is 0 Å². The van der Waals surface area contributed by atoms with Crippen molar-refractivity contribution in [2.75, 3.05) is 19.7 Å². The molecule has 0 unspecified atom stereocenters. The van der Waals surface area contributed by atoms with E-state index in [4.69, 9.17) is 4.74 Å². The number of aromatic nitrogens is 1. The molecule has 23 heavy (non-hydrogen) atoms. The summed E-state index contributed by atoms with van der Waals surface area (Å²) in [7, 11) is 0. The highest BCUT2D eigenvalue weighted by atomic mass is 32.1. The smallest absolute Gasteiger partial charge is 0.357 e. The van der Waals surface area contributed by atoms with Crippen molar-refractivity contribution in [1.29, 1.82) is 0 Å². The van der Waals surface area contributed by atoms with E-state index in [9.17, 15) is 9.59 Å². The molecule has 6 heteroatoms. The monoisotopic (exact) mass is 330 g/mol. The van der Waals surface area contributed by atoms with Crippen molar-refractivity contribution < 1.29 is 14.3 Å². The molecule has 0 bridgehead atoms. The van der Waals surface area contributed by atoms with Gasteiger partial charge in [0.25, 0.3) is 0 Å². The van der Waals surface area contributed by atoms with E-state index in [2.05, 4.69) is 17.1 Å². The summed E-state index contributed by atoms with van der Waals surface area (Å²) < 4.78 is 5.26. The van der Waals surface area contributed by atoms with E-state index in [0.717, 1.165) is 6.42 Å². The number of nitrogens with zero attached hydrogens (tertiary/aromatic N) is 2. The highest BCUT2D eigenvalue weighted by Gasteiger charge is 2.30. The first-order valence-corrected chi connectivity index (χ1v) is 8.53. The fraction of sp³-hybridized carbons (Fsp3) is 0.353. The third-order valence-corrected chi connectivity index (χ3v) is 4.49. The Morgan fingerprint density at radius 1 is 1.35 bits per heavy atom. The molecule has 0 N–H and O–H groups in total. The Morgan fingerprint density at radius 2 is 2.17 bits per heavy atom. The number of benzene rings is 1. The zero-order valence-electron chi connectivity index (χ0n) is 12.7. The second-order valence-corrected chi connectivity index (χ2v) is 6.34. The molecule has 3 rings (SSSR count). The standard InChI is InChI=1S/C17H18N2O3S/c20-16-8-14(10-22-17(21)15-11-23-12-18-15)9-19(16)7-6-13-4-2-1-3-5-13/h1-5,11-12,14H,6-10H2/t14-/m1/s1. The van der Waals surface area contributed by atoms with E-state index < -0.39 is 5.97 Å². The van der Waals surface area contributed by atoms with E-state index in [1.807, 2.05) is 23.1 Å². The van der Waals surface area contributed by atoms with Crippen LogP contribution in [0.5, 0.6) is 0 Å². The molecule has 1 atom stereocenters. The highest BCUT2D eigenvalue weighted by Crippen LogP contribution is 2.19. The first-order valence-electron chi connectivity index (χ1n) is 7.59. The van der Waals surface area contributed by atoms with Gasteiger partial charge in [-0.25, -0.2) is 9.78 Å². The van der Waals surface area contributed by atoms with Gasteiger partial charge in [0.05, 0.1) is 12.1 Å². The Bertz CT molecular complexity index is 658. The van der Waals surface area contributed by atoms with Crippen LogP contribution in [0.15, 0.2) is 41.2 Å². The lowest BCUT2D eigenvalue weighted by atomic mass is 10.1. The highest BCUT2D eigenvalue weighted by molar-refractivity contribution is 7.07. The summed E-state index contributed by atoms with van der Waals surface area (Å²) in [5.41, 5.74) is 3.15. The molecular weight excluding hydrogens is 312 g/mol. The van der Waals surface area contributed by atoms with Gasteiger partial charge in [0.1, 0.15) is 0 Å². The Balaban J connectivity index is 1.45. The number of rotatable bonds is 6. The number of thiazole rings is 1. The minimum Gasteiger partial charge on any atom is -0.461 e. The largest absolute Gasteiger partial charge is 0.461 e. The first-order chi connectivity index (χ1) is 11.2. The number of amides is 1. The average molecular weight is 330 g/mol. The third-order valence-electron chi connectivity index (χ3n) is 3.90. The van der Waals surface area contributed by atoms with Gasteiger partial charge in [-0.2, -0.15) is 0 Å². The molecule has 120 valence electrons. The van der Waals surface area contributed by atoms with Gasteiger partial charge in [-0.05, 0) is 12.0 Å². The lowest BCUT2D eigenvalue weighted by molar-refractivity contribution is -0.127. The summed E-state index contributed by atoms with van der Waals surface area (Å²) in [5.74, 6) is -0.210. The number of likely N-dealkylation sites (tertiary alicyclic amines) is 1. The maximum atomic E-state index is 12.1. The zero-order chi connectivity index (χ0) is 16.1. The number of ether oxygens (including phenoxy) is 1. The van der Waals surface area contributed by atoms with Gasteiger partial charge < -0.3 is 9.64 Å². The van der Waals surface area contributed by atoms with Crippen molar-refractivity contribution >= 4 is 23.2 Å². The molecule has 0 aliphatic carbocycles. The molecule has 1 saturated heterocycles. The van der Waals surface area contributed by atoms with Gasteiger partial charge in [0.2, 0.25) is 5.91 Å². The number of carbonyl (C=O) groups excluding carboxylic acids is 2. The van der Waals surface area contributed by atoms with Crippen LogP contribution in [0.1, 0.15) is 22.5 Å². The van der Waals surface area contributed by atoms with E-state index in [-0.39, 0.29) is 18.4 Å². The molecule has 0 radical (unpaired) electrons. The zero-order valence-corrected chi connectivity index (χ0v) is 13.5. The van der Waals surface area contributed by atoms with Crippen LogP contribution in [0.25, 0.3) is 0 Å². The summed E-state index contributed by atoms with van der Waals surface area (Å²) in [6, 6.07) is 10.1. The molecular formula is C17H18N2O3S. The number of hydrogen-bond acceptors (Lipinski definition) is 5. The predicted octanol–water partition coefficient (Wildman–Crippen LogP) is 2.39. The van der Waals surface area contributed by atoms with E-state index in [1.54, 1.807) is 10.9 Å². The van der Waals surface area contributed by atoms with Crippen molar-refractivity contribution in [3.8, 4) is 0 Å². The first kappa shape index (κ1) is 15.7. The third kappa shape index (κ3) is 4.16. The van der Waals surface area contributed by atoms with Crippen LogP contribution < -0.4 is 0 Å². The quantitative estimate of drug-likeness (QED) is 0.763. The molecule has 1 amide bonds. The predicted molar refractivity (Wildman–Crippen MR) is 87.2 cm³/mol. The van der Waals surface area contributed by atoms with Crippen LogP contribution in [0.4, 0.5) is 0 Å². The van der Waals surface area contributed by atoms with E-state index >= 15 is 0 Å². The van der Waals surface area contributed by atoms with Crippen molar-refractivity contribution in [3.05, 3.63) is 52.5 Å². The molecule has 2 aromatic rings. The number of esters is 1. The molecule has 2 heterocycles. The molecule has 0 spiro atoms. The van der Waals surface area contributed by atoms with Crippen LogP contribution in [0.2, 0.25) is 0 Å². The molecule has 5 nitrogen and oxygen atoms in total. The van der Waals surface area contributed by atoms with Gasteiger partial charge in [-0.3, -0.25) is 4.79 Å². The van der Waals surface area contributed by atoms with Crippen molar-refractivity contribution in [2.45, 2.75) is 12.8 Å². The summed E-state index contributed by atoms with van der Waals surface area (Å²) in [6.07, 6.45) is 1.29. The number of hydrogen-bond donors (Lipinski definition) is 0. The van der Waals surface area contributed by atoms with Gasteiger partial charge in [0, 0.05) is 30.8 Å². The fourth-order valence-corrected chi connectivity index (χ4v) is 3.19. The van der Waals surface area contributed by atoms with E-state index in [0.29, 0.717) is 25.2 Å². The van der Waals surface area contributed by atoms with Crippen molar-refractivity contribution in [2.24, 2.45) is 5.92 Å². The Kier molecular flexibility index (Phi) is 5.02. The van der Waals surface area contributed by atoms with Crippen molar-refractivity contribution in [1.82, 2.24) is 9.88 Å². The summed E-state index contributed by atoms with van der Waals surface area (Å²) in [5, 5.41) is 1.66. The van der Waals surface area contributed by atoms with Crippen LogP contribution in [0.3, 0.4) is 0 Å². The molecule has 1 fully saturated rings. The van der Waals surface area contributed by atoms with Gasteiger partial charge >= 0.3 is 5.97 Å². The number of carbonyl (C=O) groups is 2. The lowest BCUT2D eigenvalue weighted by Gasteiger charge is -2.16. The van der Waals surface area contributed by atoms with Crippen LogP contribution in [0, 0.1) is 5.92 Å². The molecule has 1 aromatic carbocycles. The second-order valence-electron chi connectivity index (χ2n) is 5.62. The fourth-order valence-electron chi connectivity index (χ4n) is 2.67.